The lowest BCUT2D eigenvalue weighted by Gasteiger charge is -2.19. The number of hydrogen-bond donors (Lipinski definition) is 0. The Balaban J connectivity index is 2.11. The molecule has 0 radical (unpaired) electrons. The third-order valence-corrected chi connectivity index (χ3v) is 6.81. The van der Waals surface area contributed by atoms with Crippen molar-refractivity contribution in [3.63, 3.8) is 0 Å². The van der Waals surface area contributed by atoms with E-state index in [1.807, 2.05) is 18.5 Å². The van der Waals surface area contributed by atoms with Crippen LogP contribution in [0.3, 0.4) is 0 Å². The maximum Gasteiger partial charge on any atom is 0.0345 e. The molecule has 0 heterocycles. The van der Waals surface area contributed by atoms with Gasteiger partial charge in [-0.25, -0.2) is 0 Å². The van der Waals surface area contributed by atoms with Gasteiger partial charge in [0.1, 0.15) is 0 Å². The van der Waals surface area contributed by atoms with Crippen LogP contribution < -0.4 is 0 Å². The molecule has 1 nitrogen and oxygen atoms in total. The van der Waals surface area contributed by atoms with Gasteiger partial charge in [0, 0.05) is 12.4 Å². The van der Waals surface area contributed by atoms with Crippen LogP contribution in [0.15, 0.2) is 114 Å². The Bertz CT molecular complexity index is 1540. The zero-order chi connectivity index (χ0) is 25.7. The van der Waals surface area contributed by atoms with Gasteiger partial charge in [0.05, 0.1) is 0 Å². The van der Waals surface area contributed by atoms with Crippen molar-refractivity contribution in [2.24, 2.45) is 4.99 Å². The zero-order valence-corrected chi connectivity index (χ0v) is 22.1. The number of allylic oxidation sites excluding steroid dienone is 6. The zero-order valence-electron chi connectivity index (χ0n) is 22.1. The Morgan fingerprint density at radius 1 is 0.833 bits per heavy atom. The summed E-state index contributed by atoms with van der Waals surface area (Å²) < 4.78 is 0. The molecule has 1 heteroatoms. The Kier molecular flexibility index (Phi) is 7.80. The molecular formula is C35H35N. The molecule has 4 rings (SSSR count). The lowest BCUT2D eigenvalue weighted by molar-refractivity contribution is 1.09. The van der Waals surface area contributed by atoms with Crippen molar-refractivity contribution in [2.75, 3.05) is 0 Å². The summed E-state index contributed by atoms with van der Waals surface area (Å²) in [7, 11) is 0. The van der Waals surface area contributed by atoms with E-state index >= 15 is 0 Å². The second kappa shape index (κ2) is 11.2. The van der Waals surface area contributed by atoms with Gasteiger partial charge >= 0.3 is 0 Å². The minimum atomic E-state index is 1.00. The minimum absolute atomic E-state index is 1.00. The summed E-state index contributed by atoms with van der Waals surface area (Å²) in [5, 5.41) is 4.96. The summed E-state index contributed by atoms with van der Waals surface area (Å²) in [6, 6.07) is 26.3. The molecule has 4 aromatic rings. The molecule has 0 bridgehead atoms. The average Bonchev–Trinajstić information content (AvgIpc) is 2.91. The number of rotatable bonds is 7. The van der Waals surface area contributed by atoms with Crippen LogP contribution in [0.5, 0.6) is 0 Å². The van der Waals surface area contributed by atoms with E-state index in [9.17, 15) is 0 Å². The first kappa shape index (κ1) is 25.1. The molecule has 4 aromatic carbocycles. The van der Waals surface area contributed by atoms with Gasteiger partial charge in [-0.2, -0.15) is 0 Å². The fourth-order valence-corrected chi connectivity index (χ4v) is 4.76. The Morgan fingerprint density at radius 3 is 2.14 bits per heavy atom. The normalized spacial score (nSPS) is 12.5. The lowest BCUT2D eigenvalue weighted by atomic mass is 9.84. The SMILES string of the molecule is C=C/C(=C\C)c1c2ccccc2c(-c2ccccc2)c2ccc(C(C=N/C=C(\C)CC)=C(C)C)cc12. The Hall–Kier alpha value is -3.97. The molecule has 0 aliphatic rings. The second-order valence-corrected chi connectivity index (χ2v) is 9.39. The van der Waals surface area contributed by atoms with E-state index < -0.39 is 0 Å². The number of fused-ring (bicyclic) bond motifs is 2. The molecule has 0 N–H and O–H groups in total. The molecule has 0 saturated heterocycles. The van der Waals surface area contributed by atoms with E-state index in [1.54, 1.807) is 0 Å². The van der Waals surface area contributed by atoms with Gasteiger partial charge in [-0.3, -0.25) is 4.99 Å². The van der Waals surface area contributed by atoms with Crippen molar-refractivity contribution < 1.29 is 0 Å². The first-order valence-electron chi connectivity index (χ1n) is 12.7. The van der Waals surface area contributed by atoms with E-state index in [4.69, 9.17) is 0 Å². The number of hydrogen-bond acceptors (Lipinski definition) is 1. The van der Waals surface area contributed by atoms with Gasteiger partial charge in [-0.1, -0.05) is 104 Å². The highest BCUT2D eigenvalue weighted by Gasteiger charge is 2.17. The van der Waals surface area contributed by atoms with Gasteiger partial charge in [0.15, 0.2) is 0 Å². The van der Waals surface area contributed by atoms with Crippen molar-refractivity contribution >= 4 is 38.9 Å². The second-order valence-electron chi connectivity index (χ2n) is 9.39. The van der Waals surface area contributed by atoms with E-state index in [1.165, 1.54) is 54.9 Å². The van der Waals surface area contributed by atoms with Gasteiger partial charge in [-0.05, 0) is 95.1 Å². The molecule has 0 saturated carbocycles. The standard InChI is InChI=1S/C35H35N/c1-7-25(6)22-36-23-33(24(4)5)28-19-20-31-32(21-28)34(26(8-2)9-3)29-17-13-14-18-30(29)35(31)27-15-11-10-12-16-27/h8-23H,2,7H2,1,3-6H3/b25-22+,26-9+,36-23?. The Labute approximate surface area is 215 Å². The molecule has 0 spiro atoms. The summed E-state index contributed by atoms with van der Waals surface area (Å²) in [6.45, 7) is 14.8. The first-order chi connectivity index (χ1) is 17.5. The predicted octanol–water partition coefficient (Wildman–Crippen LogP) is 10.4. The largest absolute Gasteiger partial charge is 0.264 e. The van der Waals surface area contributed by atoms with Crippen LogP contribution in [0.4, 0.5) is 0 Å². The van der Waals surface area contributed by atoms with E-state index in [-0.39, 0.29) is 0 Å². The van der Waals surface area contributed by atoms with Gasteiger partial charge in [-0.15, -0.1) is 0 Å². The lowest BCUT2D eigenvalue weighted by Crippen LogP contribution is -1.95. The third kappa shape index (κ3) is 4.88. The molecule has 36 heavy (non-hydrogen) atoms. The van der Waals surface area contributed by atoms with Gasteiger partial charge < -0.3 is 0 Å². The number of aliphatic imine (C=N–C) groups is 1. The van der Waals surface area contributed by atoms with Crippen LogP contribution in [0, 0.1) is 0 Å². The third-order valence-electron chi connectivity index (χ3n) is 6.81. The maximum absolute atomic E-state index is 4.65. The van der Waals surface area contributed by atoms with Gasteiger partial charge in [0.25, 0.3) is 0 Å². The van der Waals surface area contributed by atoms with Crippen LogP contribution in [0.1, 0.15) is 52.2 Å². The van der Waals surface area contributed by atoms with Crippen molar-refractivity contribution in [1.82, 2.24) is 0 Å². The molecular weight excluding hydrogens is 434 g/mol. The summed E-state index contributed by atoms with van der Waals surface area (Å²) in [4.78, 5) is 4.65. The molecule has 0 fully saturated rings. The molecule has 0 aromatic heterocycles. The van der Waals surface area contributed by atoms with Crippen LogP contribution >= 0.6 is 0 Å². The fourth-order valence-electron chi connectivity index (χ4n) is 4.76. The maximum atomic E-state index is 4.65. The van der Waals surface area contributed by atoms with Crippen LogP contribution in [0.2, 0.25) is 0 Å². The van der Waals surface area contributed by atoms with Crippen molar-refractivity contribution in [3.8, 4) is 11.1 Å². The summed E-state index contributed by atoms with van der Waals surface area (Å²) in [6.07, 6.45) is 9.09. The highest BCUT2D eigenvalue weighted by Crippen LogP contribution is 2.42. The number of nitrogens with zero attached hydrogens (tertiary/aromatic N) is 1. The van der Waals surface area contributed by atoms with Crippen molar-refractivity contribution in [2.45, 2.75) is 41.0 Å². The minimum Gasteiger partial charge on any atom is -0.264 e. The summed E-state index contributed by atoms with van der Waals surface area (Å²) in [5.74, 6) is 0. The summed E-state index contributed by atoms with van der Waals surface area (Å²) >= 11 is 0. The van der Waals surface area contributed by atoms with E-state index in [2.05, 4.69) is 125 Å². The average molecular weight is 470 g/mol. The highest BCUT2D eigenvalue weighted by atomic mass is 14.7. The van der Waals surface area contributed by atoms with E-state index in [0.717, 1.165) is 17.6 Å². The Morgan fingerprint density at radius 2 is 1.50 bits per heavy atom. The van der Waals surface area contributed by atoms with Crippen LogP contribution in [-0.4, -0.2) is 6.21 Å². The van der Waals surface area contributed by atoms with Crippen LogP contribution in [-0.2, 0) is 0 Å². The monoisotopic (exact) mass is 469 g/mol. The first-order valence-corrected chi connectivity index (χ1v) is 12.7. The summed E-state index contributed by atoms with van der Waals surface area (Å²) in [5.41, 5.74) is 9.69. The highest BCUT2D eigenvalue weighted by molar-refractivity contribution is 6.21. The number of benzene rings is 4. The van der Waals surface area contributed by atoms with Crippen molar-refractivity contribution in [3.05, 3.63) is 120 Å². The topological polar surface area (TPSA) is 12.4 Å². The van der Waals surface area contributed by atoms with E-state index in [0.29, 0.717) is 0 Å². The molecule has 180 valence electrons. The van der Waals surface area contributed by atoms with Crippen molar-refractivity contribution in [1.29, 1.82) is 0 Å². The molecule has 0 aliphatic heterocycles. The molecule has 0 amide bonds. The van der Waals surface area contributed by atoms with Gasteiger partial charge in [0.2, 0.25) is 0 Å². The molecule has 0 unspecified atom stereocenters. The fraction of sp³-hybridized carbons (Fsp3) is 0.171. The predicted molar refractivity (Wildman–Crippen MR) is 162 cm³/mol. The molecule has 0 atom stereocenters. The van der Waals surface area contributed by atoms with Crippen LogP contribution in [0.25, 0.3) is 43.8 Å². The quantitative estimate of drug-likeness (QED) is 0.145. The smallest absolute Gasteiger partial charge is 0.0345 e. The molecule has 0 aliphatic carbocycles.